The molecule has 1 aromatic heterocycles. The zero-order chi connectivity index (χ0) is 15.6. The molecule has 0 saturated carbocycles. The molecule has 0 saturated heterocycles. The molecular formula is C13H14ClFN2O2S2. The Morgan fingerprint density at radius 1 is 1.43 bits per heavy atom. The normalized spacial score (nSPS) is 12.0. The topological polar surface area (TPSA) is 63.4 Å². The van der Waals surface area contributed by atoms with Crippen LogP contribution in [-0.2, 0) is 23.1 Å². The third-order valence-electron chi connectivity index (χ3n) is 2.96. The molecule has 0 amide bonds. The monoisotopic (exact) mass is 348 g/mol. The smallest absolute Gasteiger partial charge is 0.243 e. The second-order valence-electron chi connectivity index (χ2n) is 4.42. The first kappa shape index (κ1) is 16.4. The van der Waals surface area contributed by atoms with E-state index in [1.165, 1.54) is 28.8 Å². The van der Waals surface area contributed by atoms with Crippen LogP contribution in [0.15, 0.2) is 34.5 Å². The van der Waals surface area contributed by atoms with Gasteiger partial charge in [-0.3, -0.25) is 0 Å². The van der Waals surface area contributed by atoms with Gasteiger partial charge in [-0.05, 0) is 29.1 Å². The molecule has 21 heavy (non-hydrogen) atoms. The van der Waals surface area contributed by atoms with Crippen LogP contribution in [0, 0.1) is 5.82 Å². The van der Waals surface area contributed by atoms with Crippen LogP contribution >= 0.6 is 22.9 Å². The van der Waals surface area contributed by atoms with Gasteiger partial charge in [-0.1, -0.05) is 17.7 Å². The molecule has 0 aliphatic heterocycles. The van der Waals surface area contributed by atoms with Crippen LogP contribution < -0.4 is 5.73 Å². The molecule has 0 radical (unpaired) electrons. The van der Waals surface area contributed by atoms with Crippen molar-refractivity contribution >= 4 is 33.0 Å². The van der Waals surface area contributed by atoms with Gasteiger partial charge in [0, 0.05) is 25.0 Å². The summed E-state index contributed by atoms with van der Waals surface area (Å²) < 4.78 is 39.8. The molecule has 2 aromatic rings. The van der Waals surface area contributed by atoms with Crippen molar-refractivity contribution in [2.24, 2.45) is 5.73 Å². The number of rotatable bonds is 5. The van der Waals surface area contributed by atoms with Crippen molar-refractivity contribution in [2.75, 3.05) is 7.05 Å². The van der Waals surface area contributed by atoms with Crippen molar-refractivity contribution in [3.05, 3.63) is 50.9 Å². The van der Waals surface area contributed by atoms with Crippen LogP contribution in [0.5, 0.6) is 0 Å². The van der Waals surface area contributed by atoms with Gasteiger partial charge in [-0.2, -0.15) is 4.31 Å². The Balaban J connectivity index is 2.37. The minimum absolute atomic E-state index is 0.0340. The summed E-state index contributed by atoms with van der Waals surface area (Å²) in [6.45, 7) is 0.190. The van der Waals surface area contributed by atoms with Gasteiger partial charge in [0.05, 0.1) is 9.92 Å². The third kappa shape index (κ3) is 3.44. The van der Waals surface area contributed by atoms with Crippen molar-refractivity contribution in [1.82, 2.24) is 4.31 Å². The lowest BCUT2D eigenvalue weighted by Gasteiger charge is -2.17. The number of benzene rings is 1. The predicted octanol–water partition coefficient (Wildman–Crippen LogP) is 2.82. The Hall–Kier alpha value is -0.990. The molecule has 114 valence electrons. The Morgan fingerprint density at radius 2 is 2.14 bits per heavy atom. The van der Waals surface area contributed by atoms with Crippen molar-refractivity contribution in [2.45, 2.75) is 18.0 Å². The summed E-state index contributed by atoms with van der Waals surface area (Å²) in [7, 11) is -2.35. The molecule has 0 aliphatic rings. The molecular weight excluding hydrogens is 335 g/mol. The SMILES string of the molecule is CN(Cc1cccs1)S(=O)(=O)c1cc(F)c(Cl)c(CN)c1. The van der Waals surface area contributed by atoms with E-state index in [9.17, 15) is 12.8 Å². The van der Waals surface area contributed by atoms with E-state index >= 15 is 0 Å². The maximum atomic E-state index is 13.7. The van der Waals surface area contributed by atoms with Gasteiger partial charge in [-0.25, -0.2) is 12.8 Å². The standard InChI is InChI=1S/C13H14ClFN2O2S2/c1-17(8-10-3-2-4-20-10)21(18,19)11-5-9(7-16)13(14)12(15)6-11/h2-6H,7-8,16H2,1H3. The molecule has 8 heteroatoms. The molecule has 0 bridgehead atoms. The van der Waals surface area contributed by atoms with Crippen LogP contribution in [0.1, 0.15) is 10.4 Å². The summed E-state index contributed by atoms with van der Waals surface area (Å²) in [5.74, 6) is -0.789. The fraction of sp³-hybridized carbons (Fsp3) is 0.231. The molecule has 0 atom stereocenters. The van der Waals surface area contributed by atoms with Gasteiger partial charge in [-0.15, -0.1) is 11.3 Å². The van der Waals surface area contributed by atoms with Gasteiger partial charge in [0.1, 0.15) is 5.82 Å². The Kier molecular flexibility index (Phi) is 5.00. The molecule has 0 unspecified atom stereocenters. The van der Waals surface area contributed by atoms with Crippen LogP contribution in [0.3, 0.4) is 0 Å². The Morgan fingerprint density at radius 3 is 2.71 bits per heavy atom. The summed E-state index contributed by atoms with van der Waals surface area (Å²) in [5.41, 5.74) is 5.72. The molecule has 0 spiro atoms. The summed E-state index contributed by atoms with van der Waals surface area (Å²) in [6.07, 6.45) is 0. The van der Waals surface area contributed by atoms with E-state index in [-0.39, 0.29) is 28.6 Å². The highest BCUT2D eigenvalue weighted by atomic mass is 35.5. The van der Waals surface area contributed by atoms with Crippen LogP contribution in [0.25, 0.3) is 0 Å². The molecule has 1 aromatic carbocycles. The summed E-state index contributed by atoms with van der Waals surface area (Å²) >= 11 is 7.20. The lowest BCUT2D eigenvalue weighted by molar-refractivity contribution is 0.468. The molecule has 1 heterocycles. The highest BCUT2D eigenvalue weighted by molar-refractivity contribution is 7.89. The highest BCUT2D eigenvalue weighted by Gasteiger charge is 2.23. The number of hydrogen-bond donors (Lipinski definition) is 1. The van der Waals surface area contributed by atoms with E-state index < -0.39 is 15.8 Å². The maximum Gasteiger partial charge on any atom is 0.243 e. The van der Waals surface area contributed by atoms with E-state index in [2.05, 4.69) is 0 Å². The van der Waals surface area contributed by atoms with E-state index in [1.54, 1.807) is 0 Å². The summed E-state index contributed by atoms with van der Waals surface area (Å²) in [4.78, 5) is 0.749. The highest BCUT2D eigenvalue weighted by Crippen LogP contribution is 2.26. The molecule has 2 N–H and O–H groups in total. The lowest BCUT2D eigenvalue weighted by atomic mass is 10.2. The summed E-state index contributed by atoms with van der Waals surface area (Å²) in [5, 5.41) is 1.72. The van der Waals surface area contributed by atoms with E-state index in [0.29, 0.717) is 0 Å². The van der Waals surface area contributed by atoms with Gasteiger partial charge in [0.2, 0.25) is 10.0 Å². The van der Waals surface area contributed by atoms with Crippen LogP contribution in [-0.4, -0.2) is 19.8 Å². The molecule has 2 rings (SSSR count). The first-order valence-corrected chi connectivity index (χ1v) is 8.72. The van der Waals surface area contributed by atoms with Crippen molar-refractivity contribution in [1.29, 1.82) is 0 Å². The zero-order valence-corrected chi connectivity index (χ0v) is 13.6. The number of nitrogens with two attached hydrogens (primary N) is 1. The number of nitrogens with zero attached hydrogens (tertiary/aromatic N) is 1. The summed E-state index contributed by atoms with van der Waals surface area (Å²) in [6, 6.07) is 5.91. The fourth-order valence-electron chi connectivity index (χ4n) is 1.80. The number of sulfonamides is 1. The first-order valence-electron chi connectivity index (χ1n) is 6.03. The van der Waals surface area contributed by atoms with Gasteiger partial charge in [0.15, 0.2) is 0 Å². The quantitative estimate of drug-likeness (QED) is 0.903. The number of halogens is 2. The second-order valence-corrected chi connectivity index (χ2v) is 7.88. The molecule has 4 nitrogen and oxygen atoms in total. The van der Waals surface area contributed by atoms with Gasteiger partial charge < -0.3 is 5.73 Å². The van der Waals surface area contributed by atoms with E-state index in [0.717, 1.165) is 10.9 Å². The zero-order valence-electron chi connectivity index (χ0n) is 11.2. The number of thiophene rings is 1. The average Bonchev–Trinajstić information content (AvgIpc) is 2.94. The average molecular weight is 349 g/mol. The fourth-order valence-corrected chi connectivity index (χ4v) is 4.04. The molecule has 0 fully saturated rings. The Bertz CT molecular complexity index is 733. The molecule has 0 aliphatic carbocycles. The predicted molar refractivity (Wildman–Crippen MR) is 82.3 cm³/mol. The van der Waals surface area contributed by atoms with Crippen molar-refractivity contribution in [3.63, 3.8) is 0 Å². The minimum atomic E-state index is -3.80. The second kappa shape index (κ2) is 6.41. The van der Waals surface area contributed by atoms with E-state index in [4.69, 9.17) is 17.3 Å². The lowest BCUT2D eigenvalue weighted by Crippen LogP contribution is -2.26. The largest absolute Gasteiger partial charge is 0.326 e. The van der Waals surface area contributed by atoms with Gasteiger partial charge >= 0.3 is 0 Å². The van der Waals surface area contributed by atoms with Crippen molar-refractivity contribution in [3.8, 4) is 0 Å². The van der Waals surface area contributed by atoms with Crippen molar-refractivity contribution < 1.29 is 12.8 Å². The maximum absolute atomic E-state index is 13.7. The van der Waals surface area contributed by atoms with Gasteiger partial charge in [0.25, 0.3) is 0 Å². The minimum Gasteiger partial charge on any atom is -0.326 e. The van der Waals surface area contributed by atoms with Crippen LogP contribution in [0.2, 0.25) is 5.02 Å². The Labute approximate surface area is 132 Å². The first-order chi connectivity index (χ1) is 9.86. The third-order valence-corrected chi connectivity index (χ3v) is 6.03. The number of hydrogen-bond acceptors (Lipinski definition) is 4. The van der Waals surface area contributed by atoms with Crippen LogP contribution in [0.4, 0.5) is 4.39 Å². The van der Waals surface area contributed by atoms with E-state index in [1.807, 2.05) is 17.5 Å².